The van der Waals surface area contributed by atoms with Crippen LogP contribution in [0, 0.1) is 13.8 Å². The van der Waals surface area contributed by atoms with E-state index < -0.39 is 0 Å². The Morgan fingerprint density at radius 1 is 1.15 bits per heavy atom. The molecule has 0 radical (unpaired) electrons. The molecule has 0 spiro atoms. The van der Waals surface area contributed by atoms with Gasteiger partial charge < -0.3 is 9.84 Å². The number of ether oxygens (including phenoxy) is 1. The summed E-state index contributed by atoms with van der Waals surface area (Å²) in [5, 5.41) is 9.15. The molecule has 0 aliphatic rings. The monoisotopic (exact) mass is 334 g/mol. The predicted molar refractivity (Wildman–Crippen MR) is 80.9 cm³/mol. The van der Waals surface area contributed by atoms with Crippen LogP contribution in [0.4, 0.5) is 0 Å². The van der Waals surface area contributed by atoms with Gasteiger partial charge in [-0.15, -0.1) is 0 Å². The summed E-state index contributed by atoms with van der Waals surface area (Å²) in [5.41, 5.74) is 2.97. The lowest BCUT2D eigenvalue weighted by atomic mass is 10.1. The molecule has 3 nitrogen and oxygen atoms in total. The molecular formula is C16H15BrO3. The van der Waals surface area contributed by atoms with Gasteiger partial charge in [-0.2, -0.15) is 0 Å². The van der Waals surface area contributed by atoms with E-state index in [4.69, 9.17) is 9.84 Å². The fraction of sp³-hybridized carbons (Fsp3) is 0.188. The molecule has 20 heavy (non-hydrogen) atoms. The summed E-state index contributed by atoms with van der Waals surface area (Å²) in [4.78, 5) is 12.1. The molecule has 2 rings (SSSR count). The van der Waals surface area contributed by atoms with Crippen molar-refractivity contribution in [2.45, 2.75) is 20.5 Å². The van der Waals surface area contributed by atoms with Gasteiger partial charge >= 0.3 is 5.97 Å². The van der Waals surface area contributed by atoms with Crippen LogP contribution < -0.4 is 4.74 Å². The Morgan fingerprint density at radius 3 is 2.20 bits per heavy atom. The number of rotatable bonds is 3. The number of halogens is 1. The molecule has 0 saturated carbocycles. The lowest BCUT2D eigenvalue weighted by Gasteiger charge is -2.12. The van der Waals surface area contributed by atoms with Crippen molar-refractivity contribution < 1.29 is 14.6 Å². The first-order chi connectivity index (χ1) is 9.51. The summed E-state index contributed by atoms with van der Waals surface area (Å²) in [6, 6.07) is 10.6. The number of benzene rings is 2. The minimum Gasteiger partial charge on any atom is -0.422 e. The zero-order valence-corrected chi connectivity index (χ0v) is 12.9. The van der Waals surface area contributed by atoms with E-state index in [0.29, 0.717) is 11.3 Å². The van der Waals surface area contributed by atoms with E-state index in [1.165, 1.54) is 0 Å². The summed E-state index contributed by atoms with van der Waals surface area (Å²) >= 11 is 3.32. The van der Waals surface area contributed by atoms with Crippen molar-refractivity contribution in [1.82, 2.24) is 0 Å². The van der Waals surface area contributed by atoms with E-state index in [-0.39, 0.29) is 12.6 Å². The van der Waals surface area contributed by atoms with Gasteiger partial charge in [-0.05, 0) is 54.8 Å². The second-order valence-corrected chi connectivity index (χ2v) is 5.53. The third-order valence-electron chi connectivity index (χ3n) is 2.98. The summed E-state index contributed by atoms with van der Waals surface area (Å²) in [6.07, 6.45) is 0. The first-order valence-electron chi connectivity index (χ1n) is 6.20. The van der Waals surface area contributed by atoms with Gasteiger partial charge in [-0.3, -0.25) is 0 Å². The molecule has 2 aromatic carbocycles. The van der Waals surface area contributed by atoms with Gasteiger partial charge in [0.05, 0.1) is 12.2 Å². The second kappa shape index (κ2) is 6.20. The molecule has 0 amide bonds. The molecule has 0 fully saturated rings. The summed E-state index contributed by atoms with van der Waals surface area (Å²) < 4.78 is 6.38. The van der Waals surface area contributed by atoms with Gasteiger partial charge in [0.15, 0.2) is 0 Å². The Morgan fingerprint density at radius 2 is 1.70 bits per heavy atom. The first kappa shape index (κ1) is 14.8. The van der Waals surface area contributed by atoms with Crippen LogP contribution in [0.2, 0.25) is 0 Å². The molecule has 0 heterocycles. The summed E-state index contributed by atoms with van der Waals surface area (Å²) in [7, 11) is 0. The molecular weight excluding hydrogens is 320 g/mol. The van der Waals surface area contributed by atoms with Gasteiger partial charge in [-0.1, -0.05) is 28.1 Å². The number of carbonyl (C=O) groups excluding carboxylic acids is 1. The minimum absolute atomic E-state index is 0.0252. The third-order valence-corrected chi connectivity index (χ3v) is 3.51. The van der Waals surface area contributed by atoms with Crippen molar-refractivity contribution in [3.05, 3.63) is 63.1 Å². The topological polar surface area (TPSA) is 46.5 Å². The van der Waals surface area contributed by atoms with Crippen LogP contribution >= 0.6 is 15.9 Å². The standard InChI is InChI=1S/C16H15BrO3/c1-10-7-12(9-18)8-11(2)15(10)20-16(19)13-3-5-14(17)6-4-13/h3-8,18H,9H2,1-2H3. The van der Waals surface area contributed by atoms with Crippen molar-refractivity contribution in [2.75, 3.05) is 0 Å². The molecule has 1 N–H and O–H groups in total. The number of carbonyl (C=O) groups is 1. The zero-order chi connectivity index (χ0) is 14.7. The number of hydrogen-bond acceptors (Lipinski definition) is 3. The van der Waals surface area contributed by atoms with Crippen LogP contribution in [0.3, 0.4) is 0 Å². The summed E-state index contributed by atoms with van der Waals surface area (Å²) in [6.45, 7) is 3.69. The van der Waals surface area contributed by atoms with Crippen LogP contribution in [-0.4, -0.2) is 11.1 Å². The van der Waals surface area contributed by atoms with Crippen LogP contribution in [0.5, 0.6) is 5.75 Å². The Kier molecular flexibility index (Phi) is 4.57. The van der Waals surface area contributed by atoms with E-state index in [9.17, 15) is 4.79 Å². The smallest absolute Gasteiger partial charge is 0.343 e. The molecule has 104 valence electrons. The van der Waals surface area contributed by atoms with Crippen LogP contribution in [-0.2, 0) is 6.61 Å². The largest absolute Gasteiger partial charge is 0.422 e. The van der Waals surface area contributed by atoms with Crippen molar-refractivity contribution in [3.63, 3.8) is 0 Å². The molecule has 0 saturated heterocycles. The van der Waals surface area contributed by atoms with Gasteiger partial charge in [0.2, 0.25) is 0 Å². The Labute approximate surface area is 126 Å². The molecule has 4 heteroatoms. The molecule has 0 aromatic heterocycles. The van der Waals surface area contributed by atoms with E-state index in [1.54, 1.807) is 24.3 Å². The fourth-order valence-electron chi connectivity index (χ4n) is 2.03. The third kappa shape index (κ3) is 3.26. The van der Waals surface area contributed by atoms with Crippen LogP contribution in [0.15, 0.2) is 40.9 Å². The average Bonchev–Trinajstić information content (AvgIpc) is 2.43. The van der Waals surface area contributed by atoms with Gasteiger partial charge in [0, 0.05) is 4.47 Å². The fourth-order valence-corrected chi connectivity index (χ4v) is 2.29. The molecule has 0 aliphatic heterocycles. The normalized spacial score (nSPS) is 10.4. The van der Waals surface area contributed by atoms with Gasteiger partial charge in [0.1, 0.15) is 5.75 Å². The number of aliphatic hydroxyl groups excluding tert-OH is 1. The van der Waals surface area contributed by atoms with E-state index in [1.807, 2.05) is 26.0 Å². The van der Waals surface area contributed by atoms with Crippen molar-refractivity contribution in [1.29, 1.82) is 0 Å². The molecule has 0 unspecified atom stereocenters. The predicted octanol–water partition coefficient (Wildman–Crippen LogP) is 3.78. The maximum absolute atomic E-state index is 12.1. The highest BCUT2D eigenvalue weighted by molar-refractivity contribution is 9.10. The van der Waals surface area contributed by atoms with Gasteiger partial charge in [-0.25, -0.2) is 4.79 Å². The van der Waals surface area contributed by atoms with Crippen molar-refractivity contribution in [3.8, 4) is 5.75 Å². The summed E-state index contributed by atoms with van der Waals surface area (Å²) in [5.74, 6) is 0.163. The molecule has 0 aliphatic carbocycles. The van der Waals surface area contributed by atoms with E-state index in [2.05, 4.69) is 15.9 Å². The number of aliphatic hydroxyl groups is 1. The van der Waals surface area contributed by atoms with E-state index in [0.717, 1.165) is 21.2 Å². The first-order valence-corrected chi connectivity index (χ1v) is 6.99. The second-order valence-electron chi connectivity index (χ2n) is 4.61. The average molecular weight is 335 g/mol. The number of esters is 1. The van der Waals surface area contributed by atoms with Crippen LogP contribution in [0.25, 0.3) is 0 Å². The highest BCUT2D eigenvalue weighted by atomic mass is 79.9. The lowest BCUT2D eigenvalue weighted by molar-refractivity contribution is 0.0732. The Bertz CT molecular complexity index is 610. The molecule has 0 bridgehead atoms. The quantitative estimate of drug-likeness (QED) is 0.686. The molecule has 0 atom stereocenters. The van der Waals surface area contributed by atoms with Crippen molar-refractivity contribution >= 4 is 21.9 Å². The number of hydrogen-bond donors (Lipinski definition) is 1. The SMILES string of the molecule is Cc1cc(CO)cc(C)c1OC(=O)c1ccc(Br)cc1. The van der Waals surface area contributed by atoms with E-state index >= 15 is 0 Å². The minimum atomic E-state index is -0.388. The maximum Gasteiger partial charge on any atom is 0.343 e. The Balaban J connectivity index is 2.26. The Hall–Kier alpha value is -1.65. The maximum atomic E-state index is 12.1. The molecule has 2 aromatic rings. The van der Waals surface area contributed by atoms with Gasteiger partial charge in [0.25, 0.3) is 0 Å². The number of aryl methyl sites for hydroxylation is 2. The zero-order valence-electron chi connectivity index (χ0n) is 11.3. The van der Waals surface area contributed by atoms with Crippen LogP contribution in [0.1, 0.15) is 27.0 Å². The highest BCUT2D eigenvalue weighted by Gasteiger charge is 2.13. The van der Waals surface area contributed by atoms with Crippen molar-refractivity contribution in [2.24, 2.45) is 0 Å². The lowest BCUT2D eigenvalue weighted by Crippen LogP contribution is -2.10. The highest BCUT2D eigenvalue weighted by Crippen LogP contribution is 2.26.